The Labute approximate surface area is 226 Å². The van der Waals surface area contributed by atoms with Gasteiger partial charge in [0.15, 0.2) is 0 Å². The van der Waals surface area contributed by atoms with Gasteiger partial charge in [0.05, 0.1) is 31.3 Å². The Bertz CT molecular complexity index is 1110. The highest BCUT2D eigenvalue weighted by Gasteiger charge is 2.63. The molecule has 0 bridgehead atoms. The average molecular weight is 518 g/mol. The number of rotatable bonds is 6. The summed E-state index contributed by atoms with van der Waals surface area (Å²) >= 11 is 0. The summed E-state index contributed by atoms with van der Waals surface area (Å²) in [7, 11) is 1.47. The minimum atomic E-state index is -0.340. The number of nitrogens with one attached hydrogen (secondary N) is 1. The molecule has 0 amide bonds. The molecule has 6 rings (SSSR count). The van der Waals surface area contributed by atoms with E-state index in [-0.39, 0.29) is 47.2 Å². The van der Waals surface area contributed by atoms with Crippen LogP contribution in [-0.2, 0) is 29.2 Å². The molecule has 2 aliphatic carbocycles. The van der Waals surface area contributed by atoms with Crippen molar-refractivity contribution in [2.75, 3.05) is 38.8 Å². The van der Waals surface area contributed by atoms with Gasteiger partial charge >= 0.3 is 11.9 Å². The van der Waals surface area contributed by atoms with Gasteiger partial charge in [0.25, 0.3) is 0 Å². The van der Waals surface area contributed by atoms with Crippen molar-refractivity contribution in [3.8, 4) is 0 Å². The molecule has 3 fully saturated rings. The zero-order valence-electron chi connectivity index (χ0n) is 22.4. The van der Waals surface area contributed by atoms with Crippen LogP contribution in [0.5, 0.6) is 0 Å². The number of hydrogen-bond donors (Lipinski definition) is 1. The number of para-hydroxylation sites is 1. The van der Waals surface area contributed by atoms with E-state index in [2.05, 4.69) is 61.0 Å². The predicted molar refractivity (Wildman–Crippen MR) is 143 cm³/mol. The summed E-state index contributed by atoms with van der Waals surface area (Å²) in [5.41, 5.74) is 3.75. The third-order valence-corrected chi connectivity index (χ3v) is 9.59. The lowest BCUT2D eigenvalue weighted by molar-refractivity contribution is -0.145. The Balaban J connectivity index is 1.48. The lowest BCUT2D eigenvalue weighted by Crippen LogP contribution is -2.58. The number of anilines is 1. The molecule has 3 aliphatic heterocycles. The Morgan fingerprint density at radius 3 is 2.76 bits per heavy atom. The summed E-state index contributed by atoms with van der Waals surface area (Å²) in [4.78, 5) is 27.8. The van der Waals surface area contributed by atoms with E-state index < -0.39 is 0 Å². The molecule has 1 aromatic carbocycles. The summed E-state index contributed by atoms with van der Waals surface area (Å²) < 4.78 is 17.0. The van der Waals surface area contributed by atoms with Gasteiger partial charge in [-0.2, -0.15) is 0 Å². The molecule has 5 aliphatic rings. The summed E-state index contributed by atoms with van der Waals surface area (Å²) in [6.45, 7) is 6.33. The molecule has 1 aromatic rings. The summed E-state index contributed by atoms with van der Waals surface area (Å²) in [5, 5.41) is 3.68. The van der Waals surface area contributed by atoms with Gasteiger partial charge in [-0.15, -0.1) is 0 Å². The number of methoxy groups -OCH3 is 1. The van der Waals surface area contributed by atoms with Gasteiger partial charge in [-0.05, 0) is 75.3 Å². The van der Waals surface area contributed by atoms with Crippen molar-refractivity contribution < 1.29 is 23.8 Å². The monoisotopic (exact) mass is 517 g/mol. The molecular formula is C31H37N2O5. The zero-order valence-corrected chi connectivity index (χ0v) is 22.4. The molecule has 7 heteroatoms. The van der Waals surface area contributed by atoms with E-state index in [1.807, 2.05) is 6.07 Å². The number of ether oxygens (including phenoxy) is 3. The Kier molecular flexibility index (Phi) is 7.02. The maximum Gasteiger partial charge on any atom is 0.335 e. The largest absolute Gasteiger partial charge is 0.466 e. The van der Waals surface area contributed by atoms with Crippen LogP contribution >= 0.6 is 0 Å². The van der Waals surface area contributed by atoms with E-state index in [0.717, 1.165) is 36.3 Å². The maximum absolute atomic E-state index is 13.3. The molecule has 38 heavy (non-hydrogen) atoms. The zero-order chi connectivity index (χ0) is 26.4. The number of carbonyl (C=O) groups is 2. The average Bonchev–Trinajstić information content (AvgIpc) is 3.68. The molecule has 0 unspecified atom stereocenters. The topological polar surface area (TPSA) is 77.1 Å². The van der Waals surface area contributed by atoms with Gasteiger partial charge < -0.3 is 19.5 Å². The lowest BCUT2D eigenvalue weighted by Gasteiger charge is -2.51. The van der Waals surface area contributed by atoms with Gasteiger partial charge in [-0.1, -0.05) is 18.2 Å². The van der Waals surface area contributed by atoms with Crippen molar-refractivity contribution in [1.29, 1.82) is 0 Å². The fraction of sp³-hybridized carbons (Fsp3) is 0.516. The second-order valence-electron chi connectivity index (χ2n) is 11.3. The second-order valence-corrected chi connectivity index (χ2v) is 11.3. The molecule has 2 saturated heterocycles. The standard InChI is InChI=1S/C31H37N2O5/c1-19(21-8-4-5-9-21)33-14-13-31-26-10-6-7-11-27(26)32-28(31)24(30(35)36-3)16-23(29(31)33)25-18-37-15-12-22(25)17-38-20(2)34/h4-11,19,22-23,25,29,32H,12-18H2,1-3H3/t19-,22-,23+,25-,29+,31+/m0/s1. The number of fused-ring (bicyclic) bond motifs is 1. The van der Waals surface area contributed by atoms with Crippen LogP contribution in [-0.4, -0.2) is 62.4 Å². The van der Waals surface area contributed by atoms with Crippen LogP contribution in [0.25, 0.3) is 0 Å². The lowest BCUT2D eigenvalue weighted by atomic mass is 9.58. The number of carbonyl (C=O) groups excluding carboxylic acids is 2. The highest BCUT2D eigenvalue weighted by molar-refractivity contribution is 5.93. The summed E-state index contributed by atoms with van der Waals surface area (Å²) in [6, 6.07) is 8.87. The summed E-state index contributed by atoms with van der Waals surface area (Å²) in [5.74, 6) is 1.23. The fourth-order valence-electron chi connectivity index (χ4n) is 7.91. The van der Waals surface area contributed by atoms with Crippen LogP contribution in [0.3, 0.4) is 0 Å². The molecule has 1 spiro atoms. The quantitative estimate of drug-likeness (QED) is 0.574. The van der Waals surface area contributed by atoms with E-state index in [0.29, 0.717) is 26.2 Å². The highest BCUT2D eigenvalue weighted by Crippen LogP contribution is 2.61. The number of nitrogens with zero attached hydrogens (tertiary/aromatic N) is 1. The molecule has 3 heterocycles. The van der Waals surface area contributed by atoms with Gasteiger partial charge in [-0.25, -0.2) is 4.79 Å². The van der Waals surface area contributed by atoms with Crippen molar-refractivity contribution in [1.82, 2.24) is 4.90 Å². The highest BCUT2D eigenvalue weighted by atomic mass is 16.5. The Morgan fingerprint density at radius 2 is 2.00 bits per heavy atom. The van der Waals surface area contributed by atoms with Gasteiger partial charge in [0.2, 0.25) is 0 Å². The third kappa shape index (κ3) is 4.08. The first kappa shape index (κ1) is 25.9. The molecule has 201 valence electrons. The van der Waals surface area contributed by atoms with Crippen LogP contribution in [0.1, 0.15) is 38.7 Å². The van der Waals surface area contributed by atoms with Crippen LogP contribution < -0.4 is 5.32 Å². The van der Waals surface area contributed by atoms with Gasteiger partial charge in [0.1, 0.15) is 0 Å². The maximum atomic E-state index is 13.3. The Morgan fingerprint density at radius 1 is 1.21 bits per heavy atom. The molecule has 1 saturated carbocycles. The SMILES string of the molecule is COC(=O)C1=C2Nc3ccccc3[C@]23CCN([C@@H](C)[C]2[CH][CH][CH][CH]2)[C@@H]3[C@@H]([C@H]2COCC[C@H]2COC(C)=O)C1. The van der Waals surface area contributed by atoms with Crippen molar-refractivity contribution in [3.05, 3.63) is 72.7 Å². The minimum Gasteiger partial charge on any atom is -0.466 e. The van der Waals surface area contributed by atoms with E-state index in [4.69, 9.17) is 14.2 Å². The predicted octanol–water partition coefficient (Wildman–Crippen LogP) is 3.88. The first-order valence-corrected chi connectivity index (χ1v) is 13.8. The van der Waals surface area contributed by atoms with Crippen LogP contribution in [0.2, 0.25) is 0 Å². The first-order valence-electron chi connectivity index (χ1n) is 13.8. The van der Waals surface area contributed by atoms with E-state index in [1.54, 1.807) is 0 Å². The molecule has 6 atom stereocenters. The first-order chi connectivity index (χ1) is 18.5. The van der Waals surface area contributed by atoms with Crippen LogP contribution in [0.15, 0.2) is 35.5 Å². The van der Waals surface area contributed by atoms with Crippen LogP contribution in [0.4, 0.5) is 5.69 Å². The second kappa shape index (κ2) is 10.3. The van der Waals surface area contributed by atoms with Crippen molar-refractivity contribution >= 4 is 17.6 Å². The molecule has 5 radical (unpaired) electrons. The smallest absolute Gasteiger partial charge is 0.335 e. The molecule has 1 N–H and O–H groups in total. The fourth-order valence-corrected chi connectivity index (χ4v) is 7.91. The van der Waals surface area contributed by atoms with Crippen molar-refractivity contribution in [3.63, 3.8) is 0 Å². The minimum absolute atomic E-state index is 0.126. The number of likely N-dealkylation sites (tertiary alicyclic amines) is 1. The molecular weight excluding hydrogens is 480 g/mol. The number of esters is 2. The van der Waals surface area contributed by atoms with Crippen molar-refractivity contribution in [2.24, 2.45) is 17.8 Å². The normalized spacial score (nSPS) is 33.8. The van der Waals surface area contributed by atoms with Gasteiger partial charge in [0, 0.05) is 55.4 Å². The van der Waals surface area contributed by atoms with Crippen LogP contribution in [0, 0.1) is 49.4 Å². The molecule has 7 nitrogen and oxygen atoms in total. The van der Waals surface area contributed by atoms with E-state index in [9.17, 15) is 9.59 Å². The summed E-state index contributed by atoms with van der Waals surface area (Å²) in [6.07, 6.45) is 11.0. The third-order valence-electron chi connectivity index (χ3n) is 9.59. The Hall–Kier alpha value is -2.38. The van der Waals surface area contributed by atoms with E-state index >= 15 is 0 Å². The number of benzene rings is 1. The van der Waals surface area contributed by atoms with Crippen molar-refractivity contribution in [2.45, 2.75) is 50.6 Å². The van der Waals surface area contributed by atoms with Gasteiger partial charge in [-0.3, -0.25) is 9.69 Å². The van der Waals surface area contributed by atoms with E-state index in [1.165, 1.54) is 25.5 Å². The molecule has 0 aromatic heterocycles. The number of hydrogen-bond acceptors (Lipinski definition) is 7.